The van der Waals surface area contributed by atoms with Gasteiger partial charge < -0.3 is 9.64 Å². The molecule has 0 unspecified atom stereocenters. The Labute approximate surface area is 165 Å². The zero-order chi connectivity index (χ0) is 19.7. The minimum atomic E-state index is -3.17. The smallest absolute Gasteiger partial charge is 0.241 e. The van der Waals surface area contributed by atoms with Crippen LogP contribution in [0.25, 0.3) is 0 Å². The summed E-state index contributed by atoms with van der Waals surface area (Å²) in [7, 11) is -1.54. The van der Waals surface area contributed by atoms with Crippen molar-refractivity contribution >= 4 is 21.4 Å². The van der Waals surface area contributed by atoms with Crippen LogP contribution >= 0.6 is 0 Å². The zero-order valence-corrected chi connectivity index (χ0v) is 16.6. The first kappa shape index (κ1) is 19.0. The van der Waals surface area contributed by atoms with E-state index in [4.69, 9.17) is 4.74 Å². The molecule has 1 amide bonds. The molecule has 2 aliphatic rings. The molecule has 2 aromatic rings. The van der Waals surface area contributed by atoms with E-state index < -0.39 is 9.84 Å². The van der Waals surface area contributed by atoms with Crippen molar-refractivity contribution in [3.05, 3.63) is 60.2 Å². The minimum Gasteiger partial charge on any atom is -0.497 e. The van der Waals surface area contributed by atoms with Gasteiger partial charge in [-0.05, 0) is 36.2 Å². The summed E-state index contributed by atoms with van der Waals surface area (Å²) in [5, 5.41) is 0. The number of nitrogens with zero attached hydrogens (tertiary/aromatic N) is 2. The summed E-state index contributed by atoms with van der Waals surface area (Å²) in [4.78, 5) is 16.7. The Morgan fingerprint density at radius 2 is 1.68 bits per heavy atom. The maximum Gasteiger partial charge on any atom is 0.241 e. The van der Waals surface area contributed by atoms with Gasteiger partial charge in [0.2, 0.25) is 5.91 Å². The first-order valence-electron chi connectivity index (χ1n) is 9.41. The second-order valence-corrected chi connectivity index (χ2v) is 9.53. The van der Waals surface area contributed by atoms with E-state index in [2.05, 4.69) is 0 Å². The monoisotopic (exact) mass is 400 g/mol. The molecule has 0 spiro atoms. The van der Waals surface area contributed by atoms with Crippen LogP contribution in [0, 0.1) is 0 Å². The molecule has 0 aliphatic carbocycles. The predicted octanol–water partition coefficient (Wildman–Crippen LogP) is 1.75. The highest BCUT2D eigenvalue weighted by Crippen LogP contribution is 2.31. The normalized spacial score (nSPS) is 24.2. The van der Waals surface area contributed by atoms with Gasteiger partial charge in [-0.15, -0.1) is 0 Å². The molecule has 2 saturated heterocycles. The molecule has 6 nitrogen and oxygen atoms in total. The summed E-state index contributed by atoms with van der Waals surface area (Å²) in [6.45, 7) is 0.888. The van der Waals surface area contributed by atoms with E-state index in [1.54, 1.807) is 12.0 Å². The van der Waals surface area contributed by atoms with Crippen LogP contribution in [0.15, 0.2) is 54.6 Å². The lowest BCUT2D eigenvalue weighted by atomic mass is 10.0. The Kier molecular flexibility index (Phi) is 5.12. The van der Waals surface area contributed by atoms with E-state index >= 15 is 0 Å². The molecule has 0 bridgehead atoms. The number of piperazine rings is 1. The van der Waals surface area contributed by atoms with Gasteiger partial charge in [0.25, 0.3) is 0 Å². The van der Waals surface area contributed by atoms with Gasteiger partial charge in [0, 0.05) is 18.3 Å². The van der Waals surface area contributed by atoms with Crippen molar-refractivity contribution in [1.29, 1.82) is 0 Å². The molecule has 7 heteroatoms. The third kappa shape index (κ3) is 3.77. The Balaban J connectivity index is 1.54. The van der Waals surface area contributed by atoms with Gasteiger partial charge in [-0.3, -0.25) is 9.69 Å². The molecular weight excluding hydrogens is 376 g/mol. The lowest BCUT2D eigenvalue weighted by Crippen LogP contribution is -2.62. The summed E-state index contributed by atoms with van der Waals surface area (Å²) in [5.41, 5.74) is 1.91. The third-order valence-electron chi connectivity index (χ3n) is 5.58. The van der Waals surface area contributed by atoms with Crippen molar-refractivity contribution in [3.8, 4) is 5.75 Å². The van der Waals surface area contributed by atoms with Crippen molar-refractivity contribution in [1.82, 2.24) is 4.90 Å². The highest BCUT2D eigenvalue weighted by Gasteiger charge is 2.49. The number of anilines is 1. The number of hydrogen-bond donors (Lipinski definition) is 0. The first-order valence-corrected chi connectivity index (χ1v) is 11.2. The Morgan fingerprint density at radius 3 is 2.36 bits per heavy atom. The molecule has 2 fully saturated rings. The van der Waals surface area contributed by atoms with Crippen LogP contribution in [0.1, 0.15) is 5.56 Å². The number of fused-ring (bicyclic) bond motifs is 1. The molecule has 0 saturated carbocycles. The second-order valence-electron chi connectivity index (χ2n) is 7.38. The van der Waals surface area contributed by atoms with E-state index in [9.17, 15) is 13.2 Å². The summed E-state index contributed by atoms with van der Waals surface area (Å²) in [6, 6.07) is 16.7. The van der Waals surface area contributed by atoms with Gasteiger partial charge in [-0.2, -0.15) is 0 Å². The first-order chi connectivity index (χ1) is 13.5. The molecular formula is C21H24N2O4S. The van der Waals surface area contributed by atoms with Gasteiger partial charge in [0.1, 0.15) is 5.75 Å². The van der Waals surface area contributed by atoms with Crippen molar-refractivity contribution in [2.24, 2.45) is 0 Å². The Morgan fingerprint density at radius 1 is 1.00 bits per heavy atom. The average Bonchev–Trinajstić information content (AvgIpc) is 3.02. The van der Waals surface area contributed by atoms with Gasteiger partial charge in [-0.25, -0.2) is 8.42 Å². The number of carbonyl (C=O) groups excluding carboxylic acids is 1. The standard InChI is InChI=1S/C21H24N2O4S/c1-27-18-9-7-16(8-10-18)11-12-22-13-21(24)23(17-5-3-2-4-6-17)20-15-28(25,26)14-19(20)22/h2-10,19-20H,11-15H2,1H3/t19-,20-/m1/s1. The van der Waals surface area contributed by atoms with Crippen molar-refractivity contribution in [2.45, 2.75) is 18.5 Å². The molecule has 0 radical (unpaired) electrons. The Hall–Kier alpha value is -2.38. The predicted molar refractivity (Wildman–Crippen MR) is 108 cm³/mol. The summed E-state index contributed by atoms with van der Waals surface area (Å²) >= 11 is 0. The van der Waals surface area contributed by atoms with E-state index in [1.807, 2.05) is 59.5 Å². The van der Waals surface area contributed by atoms with Crippen LogP contribution in [-0.4, -0.2) is 63.0 Å². The van der Waals surface area contributed by atoms with Crippen LogP contribution in [-0.2, 0) is 21.1 Å². The number of sulfone groups is 1. The molecule has 148 valence electrons. The largest absolute Gasteiger partial charge is 0.497 e. The lowest BCUT2D eigenvalue weighted by Gasteiger charge is -2.43. The van der Waals surface area contributed by atoms with Crippen LogP contribution in [0.4, 0.5) is 5.69 Å². The molecule has 0 aromatic heterocycles. The Bertz CT molecular complexity index is 944. The number of ether oxygens (including phenoxy) is 1. The number of amides is 1. The number of rotatable bonds is 5. The number of carbonyl (C=O) groups is 1. The number of hydrogen-bond acceptors (Lipinski definition) is 5. The maximum atomic E-state index is 12.9. The van der Waals surface area contributed by atoms with Crippen LogP contribution in [0.3, 0.4) is 0 Å². The maximum absolute atomic E-state index is 12.9. The van der Waals surface area contributed by atoms with Gasteiger partial charge in [-0.1, -0.05) is 30.3 Å². The van der Waals surface area contributed by atoms with E-state index in [0.29, 0.717) is 6.54 Å². The third-order valence-corrected chi connectivity index (χ3v) is 7.28. The summed E-state index contributed by atoms with van der Waals surface area (Å²) < 4.78 is 30.0. The average molecular weight is 401 g/mol. The summed E-state index contributed by atoms with van der Waals surface area (Å²) in [5.74, 6) is 0.894. The molecule has 0 N–H and O–H groups in total. The van der Waals surface area contributed by atoms with Crippen molar-refractivity contribution in [2.75, 3.05) is 36.6 Å². The van der Waals surface area contributed by atoms with Crippen LogP contribution < -0.4 is 9.64 Å². The van der Waals surface area contributed by atoms with Crippen molar-refractivity contribution in [3.63, 3.8) is 0 Å². The van der Waals surface area contributed by atoms with Crippen molar-refractivity contribution < 1.29 is 17.9 Å². The fourth-order valence-electron chi connectivity index (χ4n) is 4.19. The van der Waals surface area contributed by atoms with E-state index in [0.717, 1.165) is 23.4 Å². The second kappa shape index (κ2) is 7.56. The molecule has 28 heavy (non-hydrogen) atoms. The fourth-order valence-corrected chi connectivity index (χ4v) is 6.17. The topological polar surface area (TPSA) is 66.9 Å². The van der Waals surface area contributed by atoms with E-state index in [1.165, 1.54) is 0 Å². The van der Waals surface area contributed by atoms with Crippen LogP contribution in [0.5, 0.6) is 5.75 Å². The zero-order valence-electron chi connectivity index (χ0n) is 15.8. The molecule has 2 heterocycles. The van der Waals surface area contributed by atoms with Gasteiger partial charge >= 0.3 is 0 Å². The van der Waals surface area contributed by atoms with Gasteiger partial charge in [0.05, 0.1) is 31.2 Å². The molecule has 2 aliphatic heterocycles. The molecule has 2 atom stereocenters. The highest BCUT2D eigenvalue weighted by molar-refractivity contribution is 7.91. The van der Waals surface area contributed by atoms with Crippen LogP contribution in [0.2, 0.25) is 0 Å². The quantitative estimate of drug-likeness (QED) is 0.765. The fraction of sp³-hybridized carbons (Fsp3) is 0.381. The number of methoxy groups -OCH3 is 1. The lowest BCUT2D eigenvalue weighted by molar-refractivity contribution is -0.123. The number of benzene rings is 2. The summed E-state index contributed by atoms with van der Waals surface area (Å²) in [6.07, 6.45) is 0.756. The molecule has 4 rings (SSSR count). The van der Waals surface area contributed by atoms with Gasteiger partial charge in [0.15, 0.2) is 9.84 Å². The highest BCUT2D eigenvalue weighted by atomic mass is 32.2. The number of para-hydroxylation sites is 1. The van der Waals surface area contributed by atoms with E-state index in [-0.39, 0.29) is 36.0 Å². The SMILES string of the molecule is COc1ccc(CCN2CC(=O)N(c3ccccc3)[C@@H]3CS(=O)(=O)C[C@H]32)cc1. The molecule has 2 aromatic carbocycles. The minimum absolute atomic E-state index is 0.0251.